The summed E-state index contributed by atoms with van der Waals surface area (Å²) in [5.74, 6) is 2.16. The fourth-order valence-electron chi connectivity index (χ4n) is 3.67. The number of hydrogen-bond acceptors (Lipinski definition) is 3. The molecule has 1 aliphatic heterocycles. The highest BCUT2D eigenvalue weighted by molar-refractivity contribution is 7.89. The quantitative estimate of drug-likeness (QED) is 0.403. The molecule has 2 rings (SSSR count). The first-order valence-electron chi connectivity index (χ1n) is 10.1. The van der Waals surface area contributed by atoms with Crippen LogP contribution in [0.5, 0.6) is 0 Å². The number of sulfonamides is 1. The van der Waals surface area contributed by atoms with Crippen molar-refractivity contribution in [3.8, 4) is 0 Å². The minimum absolute atomic E-state index is 0.0992. The lowest BCUT2D eigenvalue weighted by Crippen LogP contribution is -2.48. The van der Waals surface area contributed by atoms with Crippen molar-refractivity contribution in [1.29, 1.82) is 0 Å². The zero-order valence-corrected chi connectivity index (χ0v) is 17.6. The molecule has 1 aliphatic rings. The van der Waals surface area contributed by atoms with Crippen LogP contribution >= 0.6 is 0 Å². The van der Waals surface area contributed by atoms with Crippen molar-refractivity contribution in [3.63, 3.8) is 0 Å². The number of benzene rings is 1. The van der Waals surface area contributed by atoms with E-state index in [2.05, 4.69) is 64.1 Å². The molecule has 1 saturated heterocycles. The molecule has 1 fully saturated rings. The van der Waals surface area contributed by atoms with Crippen LogP contribution in [0.3, 0.4) is 0 Å². The van der Waals surface area contributed by atoms with Crippen LogP contribution in [0.15, 0.2) is 35.3 Å². The van der Waals surface area contributed by atoms with E-state index >= 15 is 0 Å². The Bertz CT molecular complexity index is 691. The zero-order chi connectivity index (χ0) is 19.7. The van der Waals surface area contributed by atoms with Gasteiger partial charge in [0, 0.05) is 26.2 Å². The van der Waals surface area contributed by atoms with Crippen molar-refractivity contribution < 1.29 is 8.42 Å². The summed E-state index contributed by atoms with van der Waals surface area (Å²) in [4.78, 5) is 6.97. The second kappa shape index (κ2) is 10.7. The van der Waals surface area contributed by atoms with Gasteiger partial charge in [0.2, 0.25) is 10.0 Å². The molecule has 0 amide bonds. The predicted molar refractivity (Wildman–Crippen MR) is 113 cm³/mol. The fourth-order valence-corrected chi connectivity index (χ4v) is 4.27. The summed E-state index contributed by atoms with van der Waals surface area (Å²) in [6, 6.07) is 10.8. The normalized spacial score (nSPS) is 21.3. The Morgan fingerprint density at radius 1 is 1.22 bits per heavy atom. The summed E-state index contributed by atoms with van der Waals surface area (Å²) >= 11 is 0. The molecule has 1 aromatic rings. The molecule has 6 nitrogen and oxygen atoms in total. The number of hydrogen-bond donors (Lipinski definition) is 2. The van der Waals surface area contributed by atoms with Gasteiger partial charge >= 0.3 is 0 Å². The lowest BCUT2D eigenvalue weighted by atomic mass is 9.79. The van der Waals surface area contributed by atoms with Crippen LogP contribution in [-0.4, -0.2) is 57.8 Å². The van der Waals surface area contributed by atoms with Crippen molar-refractivity contribution in [2.75, 3.05) is 38.5 Å². The first-order chi connectivity index (χ1) is 13.0. The third-order valence-corrected chi connectivity index (χ3v) is 6.60. The van der Waals surface area contributed by atoms with Gasteiger partial charge in [-0.25, -0.2) is 13.1 Å². The molecule has 2 N–H and O–H groups in total. The fraction of sp³-hybridized carbons (Fsp3) is 0.650. The summed E-state index contributed by atoms with van der Waals surface area (Å²) in [6.45, 7) is 9.47. The minimum atomic E-state index is -3.16. The predicted octanol–water partition coefficient (Wildman–Crippen LogP) is 2.41. The summed E-state index contributed by atoms with van der Waals surface area (Å²) in [7, 11) is -3.16. The van der Waals surface area contributed by atoms with E-state index in [-0.39, 0.29) is 5.75 Å². The third-order valence-electron chi connectivity index (χ3n) is 5.20. The number of piperidine rings is 1. The average molecular weight is 395 g/mol. The maximum atomic E-state index is 11.5. The molecule has 0 aromatic heterocycles. The summed E-state index contributed by atoms with van der Waals surface area (Å²) in [5.41, 5.74) is 1.43. The van der Waals surface area contributed by atoms with Crippen LogP contribution in [0.1, 0.15) is 45.1 Å². The Morgan fingerprint density at radius 2 is 1.96 bits per heavy atom. The highest BCUT2D eigenvalue weighted by Crippen LogP contribution is 2.34. The average Bonchev–Trinajstić information content (AvgIpc) is 2.70. The summed E-state index contributed by atoms with van der Waals surface area (Å²) < 4.78 is 25.7. The van der Waals surface area contributed by atoms with E-state index in [4.69, 9.17) is 0 Å². The van der Waals surface area contributed by atoms with Gasteiger partial charge in [0.25, 0.3) is 0 Å². The van der Waals surface area contributed by atoms with Crippen LogP contribution in [0.25, 0.3) is 0 Å². The lowest BCUT2D eigenvalue weighted by molar-refractivity contribution is 0.215. The minimum Gasteiger partial charge on any atom is -0.357 e. The van der Waals surface area contributed by atoms with E-state index in [0.717, 1.165) is 38.4 Å². The van der Waals surface area contributed by atoms with E-state index in [0.29, 0.717) is 24.9 Å². The van der Waals surface area contributed by atoms with Crippen LogP contribution in [-0.2, 0) is 10.0 Å². The first kappa shape index (κ1) is 21.7. The Morgan fingerprint density at radius 3 is 2.59 bits per heavy atom. The van der Waals surface area contributed by atoms with Crippen molar-refractivity contribution >= 4 is 16.0 Å². The van der Waals surface area contributed by atoms with Crippen molar-refractivity contribution in [2.24, 2.45) is 10.9 Å². The topological polar surface area (TPSA) is 73.8 Å². The third kappa shape index (κ3) is 6.50. The Balaban J connectivity index is 2.00. The Kier molecular flexibility index (Phi) is 8.57. The molecular weight excluding hydrogens is 360 g/mol. The Labute approximate surface area is 164 Å². The molecule has 0 radical (unpaired) electrons. The van der Waals surface area contributed by atoms with E-state index in [1.165, 1.54) is 5.56 Å². The molecule has 2 atom stereocenters. The van der Waals surface area contributed by atoms with Crippen molar-refractivity contribution in [2.45, 2.75) is 39.5 Å². The zero-order valence-electron chi connectivity index (χ0n) is 16.8. The van der Waals surface area contributed by atoms with E-state index in [1.54, 1.807) is 6.92 Å². The standard InChI is InChI=1S/C20H34N4O2S/c1-4-17-16-24(15-12-19(17)18-10-8-7-9-11-18)20(21-5-2)22-13-14-23-27(25,26)6-3/h7-11,17,19,23H,4-6,12-16H2,1-3H3,(H,21,22). The molecule has 0 spiro atoms. The van der Waals surface area contributed by atoms with E-state index in [9.17, 15) is 8.42 Å². The number of rotatable bonds is 8. The van der Waals surface area contributed by atoms with E-state index < -0.39 is 10.0 Å². The highest BCUT2D eigenvalue weighted by Gasteiger charge is 2.30. The summed E-state index contributed by atoms with van der Waals surface area (Å²) in [5, 5.41) is 3.36. The molecule has 7 heteroatoms. The second-order valence-electron chi connectivity index (χ2n) is 6.95. The first-order valence-corrected chi connectivity index (χ1v) is 11.7. The maximum Gasteiger partial charge on any atom is 0.211 e. The van der Waals surface area contributed by atoms with Crippen LogP contribution < -0.4 is 10.0 Å². The van der Waals surface area contributed by atoms with Crippen LogP contribution in [0.2, 0.25) is 0 Å². The second-order valence-corrected chi connectivity index (χ2v) is 9.05. The maximum absolute atomic E-state index is 11.5. The number of guanidine groups is 1. The number of likely N-dealkylation sites (tertiary alicyclic amines) is 1. The Hall–Kier alpha value is -1.60. The van der Waals surface area contributed by atoms with Gasteiger partial charge in [-0.3, -0.25) is 4.99 Å². The van der Waals surface area contributed by atoms with Gasteiger partial charge in [0.15, 0.2) is 5.96 Å². The van der Waals surface area contributed by atoms with Crippen LogP contribution in [0, 0.1) is 5.92 Å². The van der Waals surface area contributed by atoms with Crippen LogP contribution in [0.4, 0.5) is 0 Å². The van der Waals surface area contributed by atoms with Gasteiger partial charge < -0.3 is 10.2 Å². The lowest BCUT2D eigenvalue weighted by Gasteiger charge is -2.40. The molecule has 27 heavy (non-hydrogen) atoms. The SMILES string of the molecule is CCNC(=NCCNS(=O)(=O)CC)N1CCC(c2ccccc2)C(CC)C1. The summed E-state index contributed by atoms with van der Waals surface area (Å²) in [6.07, 6.45) is 2.24. The van der Waals surface area contributed by atoms with Gasteiger partial charge in [-0.1, -0.05) is 43.7 Å². The number of aliphatic imine (C=N–C) groups is 1. The molecular formula is C20H34N4O2S. The largest absolute Gasteiger partial charge is 0.357 e. The van der Waals surface area contributed by atoms with Gasteiger partial charge in [-0.2, -0.15) is 0 Å². The number of nitrogens with one attached hydrogen (secondary N) is 2. The molecule has 1 heterocycles. The molecule has 0 aliphatic carbocycles. The van der Waals surface area contributed by atoms with E-state index in [1.807, 2.05) is 0 Å². The molecule has 0 saturated carbocycles. The van der Waals surface area contributed by atoms with Crippen molar-refractivity contribution in [3.05, 3.63) is 35.9 Å². The number of nitrogens with zero attached hydrogens (tertiary/aromatic N) is 2. The van der Waals surface area contributed by atoms with Gasteiger partial charge in [0.05, 0.1) is 12.3 Å². The highest BCUT2D eigenvalue weighted by atomic mass is 32.2. The van der Waals surface area contributed by atoms with Gasteiger partial charge in [0.1, 0.15) is 0 Å². The molecule has 152 valence electrons. The van der Waals surface area contributed by atoms with Crippen molar-refractivity contribution in [1.82, 2.24) is 14.9 Å². The van der Waals surface area contributed by atoms with Gasteiger partial charge in [-0.15, -0.1) is 0 Å². The molecule has 1 aromatic carbocycles. The monoisotopic (exact) mass is 394 g/mol. The van der Waals surface area contributed by atoms with Gasteiger partial charge in [-0.05, 0) is 37.7 Å². The molecule has 2 unspecified atom stereocenters. The molecule has 0 bridgehead atoms. The smallest absolute Gasteiger partial charge is 0.211 e.